The molecule has 126 valence electrons. The number of rotatable bonds is 5. The molecule has 1 amide bonds. The molecule has 1 aromatic rings. The number of hydrogen-bond donors (Lipinski definition) is 1. The lowest BCUT2D eigenvalue weighted by molar-refractivity contribution is -0.123. The van der Waals surface area contributed by atoms with Crippen molar-refractivity contribution >= 4 is 11.9 Å². The first-order chi connectivity index (χ1) is 11.0. The first kappa shape index (κ1) is 17.5. The van der Waals surface area contributed by atoms with Gasteiger partial charge in [-0.2, -0.15) is 0 Å². The number of piperidine rings is 1. The van der Waals surface area contributed by atoms with Crippen LogP contribution in [-0.2, 0) is 16.1 Å². The number of carbonyl (C=O) groups is 2. The second-order valence-corrected chi connectivity index (χ2v) is 6.61. The molecule has 0 spiro atoms. The lowest BCUT2D eigenvalue weighted by Gasteiger charge is -2.34. The Morgan fingerprint density at radius 3 is 2.35 bits per heavy atom. The third-order valence-corrected chi connectivity index (χ3v) is 4.18. The van der Waals surface area contributed by atoms with E-state index in [1.54, 1.807) is 12.1 Å². The molecular weight excluding hydrogens is 292 g/mol. The minimum Gasteiger partial charge on any atom is -0.465 e. The van der Waals surface area contributed by atoms with Gasteiger partial charge >= 0.3 is 5.97 Å². The minimum absolute atomic E-state index is 0.0448. The van der Waals surface area contributed by atoms with Crippen LogP contribution < -0.4 is 5.32 Å². The first-order valence-corrected chi connectivity index (χ1v) is 8.14. The fourth-order valence-corrected chi connectivity index (χ4v) is 3.26. The number of hydrogen-bond acceptors (Lipinski definition) is 4. The Hall–Kier alpha value is -1.88. The van der Waals surface area contributed by atoms with Gasteiger partial charge < -0.3 is 10.1 Å². The summed E-state index contributed by atoms with van der Waals surface area (Å²) in [6.45, 7) is 7.39. The molecule has 2 rings (SSSR count). The van der Waals surface area contributed by atoms with E-state index in [4.69, 9.17) is 0 Å². The quantitative estimate of drug-likeness (QED) is 0.844. The van der Waals surface area contributed by atoms with Gasteiger partial charge in [-0.3, -0.25) is 9.69 Å². The van der Waals surface area contributed by atoms with Crippen molar-refractivity contribution in [1.29, 1.82) is 0 Å². The van der Waals surface area contributed by atoms with Gasteiger partial charge in [-0.15, -0.1) is 0 Å². The number of esters is 1. The van der Waals surface area contributed by atoms with Gasteiger partial charge in [0, 0.05) is 19.6 Å². The smallest absolute Gasteiger partial charge is 0.337 e. The zero-order valence-electron chi connectivity index (χ0n) is 14.2. The van der Waals surface area contributed by atoms with Crippen LogP contribution in [0.4, 0.5) is 0 Å². The summed E-state index contributed by atoms with van der Waals surface area (Å²) in [6, 6.07) is 7.08. The molecule has 0 aromatic heterocycles. The molecule has 5 nitrogen and oxygen atoms in total. The highest BCUT2D eigenvalue weighted by molar-refractivity contribution is 5.89. The van der Waals surface area contributed by atoms with Gasteiger partial charge in [0.1, 0.15) is 0 Å². The SMILES string of the molecule is COC(=O)c1ccc(CNC(=O)CN2C[C@H](C)C[C@H](C)C2)cc1. The summed E-state index contributed by atoms with van der Waals surface area (Å²) in [5, 5.41) is 2.94. The van der Waals surface area contributed by atoms with Crippen LogP contribution in [0.5, 0.6) is 0 Å². The van der Waals surface area contributed by atoms with Crippen LogP contribution in [0, 0.1) is 11.8 Å². The van der Waals surface area contributed by atoms with Crippen LogP contribution in [0.1, 0.15) is 36.2 Å². The molecule has 1 heterocycles. The van der Waals surface area contributed by atoms with E-state index in [2.05, 4.69) is 28.8 Å². The van der Waals surface area contributed by atoms with Crippen molar-refractivity contribution in [3.63, 3.8) is 0 Å². The van der Waals surface area contributed by atoms with Gasteiger partial charge in [-0.05, 0) is 36.0 Å². The Kier molecular flexibility index (Phi) is 6.16. The molecule has 0 bridgehead atoms. The Balaban J connectivity index is 1.79. The van der Waals surface area contributed by atoms with Crippen LogP contribution in [-0.4, -0.2) is 43.5 Å². The fraction of sp³-hybridized carbons (Fsp3) is 0.556. The zero-order valence-corrected chi connectivity index (χ0v) is 14.2. The van der Waals surface area contributed by atoms with Crippen molar-refractivity contribution in [2.45, 2.75) is 26.8 Å². The minimum atomic E-state index is -0.353. The molecule has 0 unspecified atom stereocenters. The number of nitrogens with zero attached hydrogens (tertiary/aromatic N) is 1. The van der Waals surface area contributed by atoms with E-state index in [1.807, 2.05) is 12.1 Å². The molecule has 23 heavy (non-hydrogen) atoms. The van der Waals surface area contributed by atoms with Crippen molar-refractivity contribution in [2.75, 3.05) is 26.7 Å². The number of benzene rings is 1. The number of nitrogens with one attached hydrogen (secondary N) is 1. The Morgan fingerprint density at radius 2 is 1.78 bits per heavy atom. The van der Waals surface area contributed by atoms with E-state index >= 15 is 0 Å². The Morgan fingerprint density at radius 1 is 1.17 bits per heavy atom. The highest BCUT2D eigenvalue weighted by Gasteiger charge is 2.23. The first-order valence-electron chi connectivity index (χ1n) is 8.14. The maximum Gasteiger partial charge on any atom is 0.337 e. The Labute approximate surface area is 138 Å². The summed E-state index contributed by atoms with van der Waals surface area (Å²) in [5.41, 5.74) is 1.48. The third kappa shape index (κ3) is 5.36. The molecule has 0 saturated carbocycles. The number of methoxy groups -OCH3 is 1. The summed E-state index contributed by atoms with van der Waals surface area (Å²) in [7, 11) is 1.36. The summed E-state index contributed by atoms with van der Waals surface area (Å²) < 4.78 is 4.66. The van der Waals surface area contributed by atoms with Gasteiger partial charge in [0.05, 0.1) is 19.2 Å². The van der Waals surface area contributed by atoms with E-state index in [0.717, 1.165) is 18.7 Å². The number of ether oxygens (including phenoxy) is 1. The molecule has 5 heteroatoms. The summed E-state index contributed by atoms with van der Waals surface area (Å²) in [6.07, 6.45) is 1.24. The van der Waals surface area contributed by atoms with E-state index in [1.165, 1.54) is 13.5 Å². The predicted molar refractivity (Wildman–Crippen MR) is 89.0 cm³/mol. The maximum atomic E-state index is 12.1. The summed E-state index contributed by atoms with van der Waals surface area (Å²) in [4.78, 5) is 25.7. The molecule has 1 aliphatic rings. The summed E-state index contributed by atoms with van der Waals surface area (Å²) in [5.74, 6) is 0.993. The van der Waals surface area contributed by atoms with Crippen LogP contribution in [0.25, 0.3) is 0 Å². The van der Waals surface area contributed by atoms with Crippen LogP contribution in [0.3, 0.4) is 0 Å². The van der Waals surface area contributed by atoms with Gasteiger partial charge in [-0.25, -0.2) is 4.79 Å². The molecule has 1 aromatic carbocycles. The second-order valence-electron chi connectivity index (χ2n) is 6.61. The number of amides is 1. The van der Waals surface area contributed by atoms with Gasteiger partial charge in [-0.1, -0.05) is 26.0 Å². The van der Waals surface area contributed by atoms with Gasteiger partial charge in [0.2, 0.25) is 5.91 Å². The Bertz CT molecular complexity index is 532. The normalized spacial score (nSPS) is 21.7. The topological polar surface area (TPSA) is 58.6 Å². The molecule has 2 atom stereocenters. The average Bonchev–Trinajstić information content (AvgIpc) is 2.51. The largest absolute Gasteiger partial charge is 0.465 e. The van der Waals surface area contributed by atoms with Crippen molar-refractivity contribution in [3.8, 4) is 0 Å². The molecule has 1 fully saturated rings. The molecular formula is C18H26N2O3. The van der Waals surface area contributed by atoms with Crippen LogP contribution >= 0.6 is 0 Å². The average molecular weight is 318 g/mol. The van der Waals surface area contributed by atoms with Crippen molar-refractivity contribution < 1.29 is 14.3 Å². The second kappa shape index (κ2) is 8.11. The van der Waals surface area contributed by atoms with Gasteiger partial charge in [0.15, 0.2) is 0 Å². The fourth-order valence-electron chi connectivity index (χ4n) is 3.26. The van der Waals surface area contributed by atoms with Crippen molar-refractivity contribution in [1.82, 2.24) is 10.2 Å². The molecule has 0 radical (unpaired) electrons. The highest BCUT2D eigenvalue weighted by Crippen LogP contribution is 2.20. The molecule has 0 aliphatic carbocycles. The van der Waals surface area contributed by atoms with Crippen LogP contribution in [0.15, 0.2) is 24.3 Å². The molecule has 1 saturated heterocycles. The predicted octanol–water partition coefficient (Wildman–Crippen LogP) is 2.07. The highest BCUT2D eigenvalue weighted by atomic mass is 16.5. The standard InChI is InChI=1S/C18H26N2O3/c1-13-8-14(2)11-20(10-13)12-17(21)19-9-15-4-6-16(7-5-15)18(22)23-3/h4-7,13-14H,8-12H2,1-3H3,(H,19,21)/t13-,14+. The van der Waals surface area contributed by atoms with Crippen molar-refractivity contribution in [3.05, 3.63) is 35.4 Å². The maximum absolute atomic E-state index is 12.1. The van der Waals surface area contributed by atoms with Crippen LogP contribution in [0.2, 0.25) is 0 Å². The third-order valence-electron chi connectivity index (χ3n) is 4.18. The van der Waals surface area contributed by atoms with E-state index in [0.29, 0.717) is 30.5 Å². The van der Waals surface area contributed by atoms with Gasteiger partial charge in [0.25, 0.3) is 0 Å². The van der Waals surface area contributed by atoms with E-state index < -0.39 is 0 Å². The lowest BCUT2D eigenvalue weighted by atomic mass is 9.92. The molecule has 1 aliphatic heterocycles. The van der Waals surface area contributed by atoms with E-state index in [9.17, 15) is 9.59 Å². The summed E-state index contributed by atoms with van der Waals surface area (Å²) >= 11 is 0. The van der Waals surface area contributed by atoms with Crippen molar-refractivity contribution in [2.24, 2.45) is 11.8 Å². The van der Waals surface area contributed by atoms with E-state index in [-0.39, 0.29) is 11.9 Å². The monoisotopic (exact) mass is 318 g/mol. The molecule has 1 N–H and O–H groups in total. The zero-order chi connectivity index (χ0) is 16.8. The lowest BCUT2D eigenvalue weighted by Crippen LogP contribution is -2.44. The number of likely N-dealkylation sites (tertiary alicyclic amines) is 1. The number of carbonyl (C=O) groups excluding carboxylic acids is 2.